The van der Waals surface area contributed by atoms with Crippen LogP contribution in [0.25, 0.3) is 0 Å². The monoisotopic (exact) mass is 199 g/mol. The second-order valence-corrected chi connectivity index (χ2v) is 3.93. The third kappa shape index (κ3) is 2.80. The number of hydrogen-bond donors (Lipinski definition) is 1. The number of aryl methyl sites for hydroxylation is 1. The first-order chi connectivity index (χ1) is 6.65. The largest absolute Gasteiger partial charge is 0.330 e. The average molecular weight is 199 g/mol. The first-order valence-corrected chi connectivity index (χ1v) is 5.05. The van der Waals surface area contributed by atoms with Gasteiger partial charge < -0.3 is 5.73 Å². The maximum absolute atomic E-state index is 13.6. The summed E-state index contributed by atoms with van der Waals surface area (Å²) in [7, 11) is 0. The Morgan fingerprint density at radius 3 is 2.86 bits per heavy atom. The number of nitrogens with zero attached hydrogens (tertiary/aromatic N) is 2. The topological polar surface area (TPSA) is 43.8 Å². The lowest BCUT2D eigenvalue weighted by Gasteiger charge is -2.05. The fourth-order valence-corrected chi connectivity index (χ4v) is 1.34. The van der Waals surface area contributed by atoms with Crippen molar-refractivity contribution in [3.8, 4) is 0 Å². The van der Waals surface area contributed by atoms with Crippen molar-refractivity contribution in [1.29, 1.82) is 0 Å². The van der Waals surface area contributed by atoms with Crippen molar-refractivity contribution in [3.05, 3.63) is 17.7 Å². The van der Waals surface area contributed by atoms with Crippen molar-refractivity contribution in [1.82, 2.24) is 9.78 Å². The molecule has 0 aliphatic carbocycles. The molecule has 0 aliphatic heterocycles. The Morgan fingerprint density at radius 1 is 1.57 bits per heavy atom. The molecular weight excluding hydrogens is 181 g/mol. The van der Waals surface area contributed by atoms with Gasteiger partial charge in [0.1, 0.15) is 0 Å². The van der Waals surface area contributed by atoms with Crippen LogP contribution >= 0.6 is 0 Å². The fourth-order valence-electron chi connectivity index (χ4n) is 1.34. The van der Waals surface area contributed by atoms with E-state index in [1.54, 1.807) is 6.20 Å². The van der Waals surface area contributed by atoms with Crippen molar-refractivity contribution in [3.63, 3.8) is 0 Å². The molecule has 0 spiro atoms. The van der Waals surface area contributed by atoms with Crippen LogP contribution in [0.1, 0.15) is 25.8 Å². The zero-order chi connectivity index (χ0) is 10.6. The Balaban J connectivity index is 2.65. The summed E-state index contributed by atoms with van der Waals surface area (Å²) >= 11 is 0. The summed E-state index contributed by atoms with van der Waals surface area (Å²) < 4.78 is 15.0. The molecule has 0 radical (unpaired) electrons. The summed E-state index contributed by atoms with van der Waals surface area (Å²) in [4.78, 5) is 0. The van der Waals surface area contributed by atoms with E-state index in [1.807, 2.05) is 13.8 Å². The Labute approximate surface area is 84.1 Å². The number of rotatable bonds is 5. The molecule has 80 valence electrons. The minimum absolute atomic E-state index is 0.202. The van der Waals surface area contributed by atoms with Crippen LogP contribution in [-0.4, -0.2) is 16.3 Å². The van der Waals surface area contributed by atoms with E-state index in [9.17, 15) is 4.39 Å². The van der Waals surface area contributed by atoms with Crippen LogP contribution in [0.15, 0.2) is 6.20 Å². The summed E-state index contributed by atoms with van der Waals surface area (Å²) in [6.07, 6.45) is 3.10. The SMILES string of the molecule is CC(C)Cn1ncc(CCCN)c1F. The maximum atomic E-state index is 13.6. The van der Waals surface area contributed by atoms with Crippen molar-refractivity contribution >= 4 is 0 Å². The molecule has 2 N–H and O–H groups in total. The van der Waals surface area contributed by atoms with Crippen molar-refractivity contribution in [2.24, 2.45) is 11.7 Å². The lowest BCUT2D eigenvalue weighted by atomic mass is 10.2. The third-order valence-corrected chi connectivity index (χ3v) is 2.03. The van der Waals surface area contributed by atoms with Crippen LogP contribution in [0.4, 0.5) is 4.39 Å². The number of nitrogens with two attached hydrogens (primary N) is 1. The van der Waals surface area contributed by atoms with Gasteiger partial charge in [-0.1, -0.05) is 13.8 Å². The van der Waals surface area contributed by atoms with Crippen molar-refractivity contribution in [2.75, 3.05) is 6.54 Å². The molecule has 0 atom stereocenters. The molecule has 0 aliphatic rings. The van der Waals surface area contributed by atoms with Crippen LogP contribution < -0.4 is 5.73 Å². The number of halogens is 1. The Morgan fingerprint density at radius 2 is 2.29 bits per heavy atom. The summed E-state index contributed by atoms with van der Waals surface area (Å²) in [6, 6.07) is 0. The van der Waals surface area contributed by atoms with E-state index >= 15 is 0 Å². The number of aromatic nitrogens is 2. The third-order valence-electron chi connectivity index (χ3n) is 2.03. The van der Waals surface area contributed by atoms with Gasteiger partial charge in [-0.25, -0.2) is 4.68 Å². The zero-order valence-corrected chi connectivity index (χ0v) is 8.83. The van der Waals surface area contributed by atoms with Gasteiger partial charge in [0.2, 0.25) is 5.95 Å². The van der Waals surface area contributed by atoms with E-state index in [0.29, 0.717) is 31.0 Å². The molecule has 1 rings (SSSR count). The van der Waals surface area contributed by atoms with Gasteiger partial charge in [-0.15, -0.1) is 0 Å². The average Bonchev–Trinajstić information content (AvgIpc) is 2.45. The molecule has 0 unspecified atom stereocenters. The van der Waals surface area contributed by atoms with E-state index in [1.165, 1.54) is 4.68 Å². The number of hydrogen-bond acceptors (Lipinski definition) is 2. The van der Waals surface area contributed by atoms with Crippen molar-refractivity contribution in [2.45, 2.75) is 33.2 Å². The molecule has 0 bridgehead atoms. The normalized spacial score (nSPS) is 11.2. The van der Waals surface area contributed by atoms with E-state index in [-0.39, 0.29) is 5.95 Å². The summed E-state index contributed by atoms with van der Waals surface area (Å²) in [5.41, 5.74) is 6.04. The first kappa shape index (κ1) is 11.2. The van der Waals surface area contributed by atoms with Crippen LogP contribution in [0, 0.1) is 11.9 Å². The van der Waals surface area contributed by atoms with Gasteiger partial charge in [-0.05, 0) is 25.3 Å². The van der Waals surface area contributed by atoms with Crippen LogP contribution in [0.2, 0.25) is 0 Å². The van der Waals surface area contributed by atoms with Gasteiger partial charge in [0.05, 0.1) is 6.20 Å². The highest BCUT2D eigenvalue weighted by atomic mass is 19.1. The molecule has 1 aromatic heterocycles. The summed E-state index contributed by atoms with van der Waals surface area (Å²) in [6.45, 7) is 5.31. The van der Waals surface area contributed by atoms with E-state index in [2.05, 4.69) is 5.10 Å². The summed E-state index contributed by atoms with van der Waals surface area (Å²) in [5.74, 6) is 0.207. The highest BCUT2D eigenvalue weighted by Gasteiger charge is 2.10. The molecule has 0 saturated carbocycles. The molecular formula is C10H18FN3. The quantitative estimate of drug-likeness (QED) is 0.782. The van der Waals surface area contributed by atoms with Crippen LogP contribution in [0.5, 0.6) is 0 Å². The Kier molecular flexibility index (Phi) is 4.07. The Hall–Kier alpha value is -0.900. The lowest BCUT2D eigenvalue weighted by molar-refractivity contribution is 0.398. The molecule has 0 aromatic carbocycles. The fraction of sp³-hybridized carbons (Fsp3) is 0.700. The predicted molar refractivity (Wildman–Crippen MR) is 54.4 cm³/mol. The lowest BCUT2D eigenvalue weighted by Crippen LogP contribution is -2.09. The van der Waals surface area contributed by atoms with Gasteiger partial charge in [-0.2, -0.15) is 9.49 Å². The molecule has 1 aromatic rings. The molecule has 4 heteroatoms. The maximum Gasteiger partial charge on any atom is 0.214 e. The smallest absolute Gasteiger partial charge is 0.214 e. The Bertz CT molecular complexity index is 281. The molecule has 3 nitrogen and oxygen atoms in total. The van der Waals surface area contributed by atoms with Crippen LogP contribution in [0.3, 0.4) is 0 Å². The van der Waals surface area contributed by atoms with E-state index < -0.39 is 0 Å². The van der Waals surface area contributed by atoms with Crippen molar-refractivity contribution < 1.29 is 4.39 Å². The molecule has 0 amide bonds. The van der Waals surface area contributed by atoms with E-state index in [4.69, 9.17) is 5.73 Å². The van der Waals surface area contributed by atoms with Gasteiger partial charge >= 0.3 is 0 Å². The predicted octanol–water partition coefficient (Wildman–Crippen LogP) is 1.57. The van der Waals surface area contributed by atoms with Crippen LogP contribution in [-0.2, 0) is 13.0 Å². The molecule has 14 heavy (non-hydrogen) atoms. The van der Waals surface area contributed by atoms with E-state index in [0.717, 1.165) is 6.42 Å². The second kappa shape index (κ2) is 5.10. The highest BCUT2D eigenvalue weighted by molar-refractivity contribution is 5.06. The molecule has 0 saturated heterocycles. The standard InChI is InChI=1S/C10H18FN3/c1-8(2)7-14-10(11)9(6-13-14)4-3-5-12/h6,8H,3-5,7,12H2,1-2H3. The van der Waals surface area contributed by atoms with Gasteiger partial charge in [0.15, 0.2) is 0 Å². The van der Waals surface area contributed by atoms with Gasteiger partial charge in [0.25, 0.3) is 0 Å². The zero-order valence-electron chi connectivity index (χ0n) is 8.83. The van der Waals surface area contributed by atoms with Gasteiger partial charge in [0, 0.05) is 12.1 Å². The summed E-state index contributed by atoms with van der Waals surface area (Å²) in [5, 5.41) is 4.01. The minimum atomic E-state index is -0.202. The molecule has 1 heterocycles. The molecule has 0 fully saturated rings. The second-order valence-electron chi connectivity index (χ2n) is 3.93. The highest BCUT2D eigenvalue weighted by Crippen LogP contribution is 2.10. The first-order valence-electron chi connectivity index (χ1n) is 5.05. The minimum Gasteiger partial charge on any atom is -0.330 e. The van der Waals surface area contributed by atoms with Gasteiger partial charge in [-0.3, -0.25) is 0 Å².